The first kappa shape index (κ1) is 13.0. The van der Waals surface area contributed by atoms with Crippen molar-refractivity contribution in [3.8, 4) is 0 Å². The molecule has 19 heavy (non-hydrogen) atoms. The molecule has 6 heteroatoms. The molecule has 0 saturated carbocycles. The SMILES string of the molecule is COC(c1ccccc1)c1ncc(C(N)=O)c(N)n1. The Morgan fingerprint density at radius 3 is 2.53 bits per heavy atom. The van der Waals surface area contributed by atoms with Crippen LogP contribution in [0.15, 0.2) is 36.5 Å². The van der Waals surface area contributed by atoms with Gasteiger partial charge in [-0.05, 0) is 5.56 Å². The largest absolute Gasteiger partial charge is 0.383 e. The Labute approximate surface area is 110 Å². The fourth-order valence-corrected chi connectivity index (χ4v) is 1.74. The zero-order chi connectivity index (χ0) is 13.8. The number of primary amides is 1. The average Bonchev–Trinajstić information content (AvgIpc) is 2.40. The summed E-state index contributed by atoms with van der Waals surface area (Å²) in [6.45, 7) is 0. The molecule has 6 nitrogen and oxygen atoms in total. The van der Waals surface area contributed by atoms with Gasteiger partial charge in [-0.25, -0.2) is 9.97 Å². The van der Waals surface area contributed by atoms with Crippen LogP contribution in [0.1, 0.15) is 27.8 Å². The maximum atomic E-state index is 11.1. The lowest BCUT2D eigenvalue weighted by Gasteiger charge is -2.15. The molecule has 0 bridgehead atoms. The number of nitrogens with zero attached hydrogens (tertiary/aromatic N) is 2. The number of carbonyl (C=O) groups excluding carboxylic acids is 1. The van der Waals surface area contributed by atoms with Crippen LogP contribution in [0.4, 0.5) is 5.82 Å². The molecule has 0 fully saturated rings. The van der Waals surface area contributed by atoms with Crippen molar-refractivity contribution in [1.82, 2.24) is 9.97 Å². The topological polar surface area (TPSA) is 104 Å². The zero-order valence-electron chi connectivity index (χ0n) is 10.4. The number of ether oxygens (including phenoxy) is 1. The van der Waals surface area contributed by atoms with E-state index in [1.54, 1.807) is 7.11 Å². The van der Waals surface area contributed by atoms with Gasteiger partial charge in [0.15, 0.2) is 5.82 Å². The molecule has 1 unspecified atom stereocenters. The van der Waals surface area contributed by atoms with E-state index >= 15 is 0 Å². The minimum absolute atomic E-state index is 0.0514. The fraction of sp³-hybridized carbons (Fsp3) is 0.154. The van der Waals surface area contributed by atoms with E-state index in [0.29, 0.717) is 5.82 Å². The Hall–Kier alpha value is -2.47. The maximum Gasteiger partial charge on any atom is 0.254 e. The molecule has 0 saturated heterocycles. The molecular formula is C13H14N4O2. The number of nitrogens with two attached hydrogens (primary N) is 2. The number of anilines is 1. The van der Waals surface area contributed by atoms with Gasteiger partial charge in [0.1, 0.15) is 11.9 Å². The van der Waals surface area contributed by atoms with E-state index in [0.717, 1.165) is 5.56 Å². The van der Waals surface area contributed by atoms with Crippen LogP contribution in [-0.4, -0.2) is 23.0 Å². The van der Waals surface area contributed by atoms with E-state index in [1.165, 1.54) is 6.20 Å². The number of aromatic nitrogens is 2. The molecule has 1 heterocycles. The Morgan fingerprint density at radius 1 is 1.32 bits per heavy atom. The Kier molecular flexibility index (Phi) is 3.72. The Balaban J connectivity index is 2.40. The summed E-state index contributed by atoms with van der Waals surface area (Å²) in [7, 11) is 1.55. The van der Waals surface area contributed by atoms with Crippen molar-refractivity contribution in [2.75, 3.05) is 12.8 Å². The van der Waals surface area contributed by atoms with Gasteiger partial charge in [-0.15, -0.1) is 0 Å². The van der Waals surface area contributed by atoms with Gasteiger partial charge in [0.2, 0.25) is 0 Å². The number of rotatable bonds is 4. The quantitative estimate of drug-likeness (QED) is 0.847. The predicted molar refractivity (Wildman–Crippen MR) is 70.3 cm³/mol. The molecule has 2 aromatic rings. The van der Waals surface area contributed by atoms with Crippen molar-refractivity contribution >= 4 is 11.7 Å². The normalized spacial score (nSPS) is 12.1. The molecule has 4 N–H and O–H groups in total. The summed E-state index contributed by atoms with van der Waals surface area (Å²) in [5.41, 5.74) is 11.8. The monoisotopic (exact) mass is 258 g/mol. The highest BCUT2D eigenvalue weighted by atomic mass is 16.5. The van der Waals surface area contributed by atoms with Crippen LogP contribution in [0.3, 0.4) is 0 Å². The number of carbonyl (C=O) groups is 1. The van der Waals surface area contributed by atoms with E-state index in [4.69, 9.17) is 16.2 Å². The zero-order valence-corrected chi connectivity index (χ0v) is 10.4. The highest BCUT2D eigenvalue weighted by molar-refractivity contribution is 5.96. The van der Waals surface area contributed by atoms with Gasteiger partial charge in [0, 0.05) is 13.3 Å². The Morgan fingerprint density at radius 2 is 2.00 bits per heavy atom. The van der Waals surface area contributed by atoms with Gasteiger partial charge in [0.25, 0.3) is 5.91 Å². The Bertz CT molecular complexity index is 586. The second-order valence-electron chi connectivity index (χ2n) is 3.92. The minimum atomic E-state index is -0.655. The van der Waals surface area contributed by atoms with Gasteiger partial charge in [-0.2, -0.15) is 0 Å². The highest BCUT2D eigenvalue weighted by Crippen LogP contribution is 2.23. The van der Waals surface area contributed by atoms with Gasteiger partial charge in [0.05, 0.1) is 5.56 Å². The summed E-state index contributed by atoms with van der Waals surface area (Å²) in [6, 6.07) is 9.48. The molecule has 1 atom stereocenters. The van der Waals surface area contributed by atoms with Crippen molar-refractivity contribution in [3.05, 3.63) is 53.5 Å². The highest BCUT2D eigenvalue weighted by Gasteiger charge is 2.18. The lowest BCUT2D eigenvalue weighted by Crippen LogP contribution is -2.17. The number of methoxy groups -OCH3 is 1. The lowest BCUT2D eigenvalue weighted by atomic mass is 10.1. The molecule has 98 valence electrons. The second-order valence-corrected chi connectivity index (χ2v) is 3.92. The number of benzene rings is 1. The van der Waals surface area contributed by atoms with Crippen molar-refractivity contribution in [1.29, 1.82) is 0 Å². The third-order valence-electron chi connectivity index (χ3n) is 2.67. The van der Waals surface area contributed by atoms with E-state index < -0.39 is 12.0 Å². The van der Waals surface area contributed by atoms with E-state index in [9.17, 15) is 4.79 Å². The predicted octanol–water partition coefficient (Wildman–Crippen LogP) is 0.894. The molecule has 0 aliphatic carbocycles. The third-order valence-corrected chi connectivity index (χ3v) is 2.67. The standard InChI is InChI=1S/C13H14N4O2/c1-19-10(8-5-3-2-4-6-8)13-16-7-9(12(15)18)11(14)17-13/h2-7,10H,1H3,(H2,15,18)(H2,14,16,17). The molecule has 1 amide bonds. The number of amides is 1. The van der Waals surface area contributed by atoms with Gasteiger partial charge in [-0.1, -0.05) is 30.3 Å². The average molecular weight is 258 g/mol. The first-order chi connectivity index (χ1) is 9.13. The smallest absolute Gasteiger partial charge is 0.254 e. The first-order valence-corrected chi connectivity index (χ1v) is 5.63. The van der Waals surface area contributed by atoms with Gasteiger partial charge in [-0.3, -0.25) is 4.79 Å². The number of hydrogen-bond donors (Lipinski definition) is 2. The molecule has 0 aliphatic heterocycles. The van der Waals surface area contributed by atoms with E-state index in [-0.39, 0.29) is 11.4 Å². The van der Waals surface area contributed by atoms with Gasteiger partial charge < -0.3 is 16.2 Å². The first-order valence-electron chi connectivity index (χ1n) is 5.63. The molecule has 0 radical (unpaired) electrons. The van der Waals surface area contributed by atoms with Crippen LogP contribution >= 0.6 is 0 Å². The molecule has 2 rings (SSSR count). The molecule has 0 aliphatic rings. The van der Waals surface area contributed by atoms with E-state index in [2.05, 4.69) is 9.97 Å². The van der Waals surface area contributed by atoms with Crippen molar-refractivity contribution < 1.29 is 9.53 Å². The number of hydrogen-bond acceptors (Lipinski definition) is 5. The summed E-state index contributed by atoms with van der Waals surface area (Å²) in [5, 5.41) is 0. The summed E-state index contributed by atoms with van der Waals surface area (Å²) >= 11 is 0. The van der Waals surface area contributed by atoms with Crippen molar-refractivity contribution in [2.24, 2.45) is 5.73 Å². The second kappa shape index (κ2) is 5.45. The van der Waals surface area contributed by atoms with Crippen LogP contribution in [0.2, 0.25) is 0 Å². The van der Waals surface area contributed by atoms with Crippen LogP contribution in [-0.2, 0) is 4.74 Å². The van der Waals surface area contributed by atoms with Crippen LogP contribution < -0.4 is 11.5 Å². The maximum absolute atomic E-state index is 11.1. The molecule has 1 aromatic carbocycles. The minimum Gasteiger partial charge on any atom is -0.383 e. The molecular weight excluding hydrogens is 244 g/mol. The van der Waals surface area contributed by atoms with Gasteiger partial charge >= 0.3 is 0 Å². The van der Waals surface area contributed by atoms with Crippen LogP contribution in [0, 0.1) is 0 Å². The lowest BCUT2D eigenvalue weighted by molar-refractivity contribution is 0.0999. The summed E-state index contributed by atoms with van der Waals surface area (Å²) in [6.07, 6.45) is 0.875. The summed E-state index contributed by atoms with van der Waals surface area (Å²) in [5.74, 6) is -0.218. The summed E-state index contributed by atoms with van der Waals surface area (Å²) in [4.78, 5) is 19.2. The number of nitrogen functional groups attached to an aromatic ring is 1. The van der Waals surface area contributed by atoms with E-state index in [1.807, 2.05) is 30.3 Å². The van der Waals surface area contributed by atoms with Crippen LogP contribution in [0.5, 0.6) is 0 Å². The summed E-state index contributed by atoms with van der Waals surface area (Å²) < 4.78 is 5.38. The molecule has 1 aromatic heterocycles. The van der Waals surface area contributed by atoms with Crippen molar-refractivity contribution in [2.45, 2.75) is 6.10 Å². The van der Waals surface area contributed by atoms with Crippen molar-refractivity contribution in [3.63, 3.8) is 0 Å². The fourth-order valence-electron chi connectivity index (χ4n) is 1.74. The van der Waals surface area contributed by atoms with Crippen LogP contribution in [0.25, 0.3) is 0 Å². The molecule has 0 spiro atoms. The third kappa shape index (κ3) is 2.69.